The Bertz CT molecular complexity index is 422. The van der Waals surface area contributed by atoms with Gasteiger partial charge in [-0.2, -0.15) is 5.10 Å². The van der Waals surface area contributed by atoms with Crippen molar-refractivity contribution in [1.29, 1.82) is 0 Å². The van der Waals surface area contributed by atoms with E-state index in [0.29, 0.717) is 0 Å². The quantitative estimate of drug-likeness (QED) is 0.741. The summed E-state index contributed by atoms with van der Waals surface area (Å²) in [5.41, 5.74) is 1.72. The standard InChI is InChI=1S/C9H10N2O2/c1-13-9-5-10-11-3-2-7(6-12)4-8(9)11/h2-5,12H,6H2,1H3. The molecule has 0 spiro atoms. The van der Waals surface area contributed by atoms with Crippen molar-refractivity contribution in [2.45, 2.75) is 6.61 Å². The molecular weight excluding hydrogens is 168 g/mol. The minimum atomic E-state index is 0.0326. The van der Waals surface area contributed by atoms with Crippen LogP contribution in [-0.4, -0.2) is 21.8 Å². The summed E-state index contributed by atoms with van der Waals surface area (Å²) in [6, 6.07) is 3.67. The van der Waals surface area contributed by atoms with Gasteiger partial charge in [0.15, 0.2) is 5.75 Å². The first-order valence-electron chi connectivity index (χ1n) is 3.96. The molecule has 0 aromatic carbocycles. The van der Waals surface area contributed by atoms with Gasteiger partial charge in [0, 0.05) is 6.20 Å². The SMILES string of the molecule is COc1cnn2ccc(CO)cc12. The molecule has 0 radical (unpaired) electrons. The number of fused-ring (bicyclic) bond motifs is 1. The molecule has 0 aliphatic rings. The maximum Gasteiger partial charge on any atom is 0.164 e. The molecular formula is C9H10N2O2. The zero-order chi connectivity index (χ0) is 9.26. The van der Waals surface area contributed by atoms with Gasteiger partial charge in [-0.25, -0.2) is 4.52 Å². The Kier molecular flexibility index (Phi) is 1.90. The molecule has 0 atom stereocenters. The van der Waals surface area contributed by atoms with E-state index in [1.165, 1.54) is 0 Å². The number of hydrogen-bond donors (Lipinski definition) is 1. The Morgan fingerprint density at radius 3 is 3.15 bits per heavy atom. The van der Waals surface area contributed by atoms with Gasteiger partial charge in [0.05, 0.1) is 19.9 Å². The number of aliphatic hydroxyl groups is 1. The highest BCUT2D eigenvalue weighted by Gasteiger charge is 2.03. The molecule has 2 aromatic rings. The van der Waals surface area contributed by atoms with Gasteiger partial charge in [-0.3, -0.25) is 0 Å². The molecule has 0 bridgehead atoms. The number of nitrogens with zero attached hydrogens (tertiary/aromatic N) is 2. The van der Waals surface area contributed by atoms with Crippen molar-refractivity contribution in [2.75, 3.05) is 7.11 Å². The average Bonchev–Trinajstić information content (AvgIpc) is 2.59. The molecule has 4 nitrogen and oxygen atoms in total. The second kappa shape index (κ2) is 3.06. The van der Waals surface area contributed by atoms with Gasteiger partial charge in [-0.15, -0.1) is 0 Å². The van der Waals surface area contributed by atoms with Crippen molar-refractivity contribution in [2.24, 2.45) is 0 Å². The number of ether oxygens (including phenoxy) is 1. The molecule has 0 saturated heterocycles. The summed E-state index contributed by atoms with van der Waals surface area (Å²) in [7, 11) is 1.60. The van der Waals surface area contributed by atoms with Crippen molar-refractivity contribution >= 4 is 5.52 Å². The van der Waals surface area contributed by atoms with E-state index in [1.807, 2.05) is 12.1 Å². The topological polar surface area (TPSA) is 46.8 Å². The molecule has 1 N–H and O–H groups in total. The van der Waals surface area contributed by atoms with Gasteiger partial charge in [0.25, 0.3) is 0 Å². The summed E-state index contributed by atoms with van der Waals surface area (Å²) in [4.78, 5) is 0. The number of aliphatic hydroxyl groups excluding tert-OH is 1. The lowest BCUT2D eigenvalue weighted by Crippen LogP contribution is -1.90. The van der Waals surface area contributed by atoms with Gasteiger partial charge in [0.1, 0.15) is 5.52 Å². The van der Waals surface area contributed by atoms with Gasteiger partial charge in [0.2, 0.25) is 0 Å². The fraction of sp³-hybridized carbons (Fsp3) is 0.222. The highest BCUT2D eigenvalue weighted by Crippen LogP contribution is 2.19. The summed E-state index contributed by atoms with van der Waals surface area (Å²) in [5, 5.41) is 13.0. The Balaban J connectivity index is 2.64. The van der Waals surface area contributed by atoms with Crippen LogP contribution in [0.3, 0.4) is 0 Å². The minimum absolute atomic E-state index is 0.0326. The molecule has 0 unspecified atom stereocenters. The molecule has 2 heterocycles. The fourth-order valence-electron chi connectivity index (χ4n) is 1.26. The predicted octanol–water partition coefficient (Wildman–Crippen LogP) is 0.835. The van der Waals surface area contributed by atoms with Crippen molar-refractivity contribution < 1.29 is 9.84 Å². The van der Waals surface area contributed by atoms with E-state index in [-0.39, 0.29) is 6.61 Å². The summed E-state index contributed by atoms with van der Waals surface area (Å²) in [6.07, 6.45) is 3.44. The lowest BCUT2D eigenvalue weighted by atomic mass is 10.2. The average molecular weight is 178 g/mol. The van der Waals surface area contributed by atoms with Crippen LogP contribution in [0.5, 0.6) is 5.75 Å². The normalized spacial score (nSPS) is 10.6. The first kappa shape index (κ1) is 8.07. The summed E-state index contributed by atoms with van der Waals surface area (Å²) in [6.45, 7) is 0.0326. The van der Waals surface area contributed by atoms with Gasteiger partial charge >= 0.3 is 0 Å². The Morgan fingerprint density at radius 1 is 1.62 bits per heavy atom. The first-order chi connectivity index (χ1) is 6.35. The van der Waals surface area contributed by atoms with Crippen LogP contribution in [0.15, 0.2) is 24.5 Å². The Labute approximate surface area is 75.4 Å². The van der Waals surface area contributed by atoms with Crippen LogP contribution >= 0.6 is 0 Å². The van der Waals surface area contributed by atoms with Crippen LogP contribution in [0.25, 0.3) is 5.52 Å². The maximum atomic E-state index is 8.93. The van der Waals surface area contributed by atoms with Gasteiger partial charge in [-0.1, -0.05) is 0 Å². The van der Waals surface area contributed by atoms with Gasteiger partial charge < -0.3 is 9.84 Å². The number of aromatic nitrogens is 2. The van der Waals surface area contributed by atoms with Crippen LogP contribution in [0.4, 0.5) is 0 Å². The van der Waals surface area contributed by atoms with Crippen molar-refractivity contribution in [3.8, 4) is 5.75 Å². The van der Waals surface area contributed by atoms with Crippen LogP contribution < -0.4 is 4.74 Å². The molecule has 4 heteroatoms. The molecule has 13 heavy (non-hydrogen) atoms. The van der Waals surface area contributed by atoms with E-state index in [1.54, 1.807) is 24.0 Å². The third-order valence-corrected chi connectivity index (χ3v) is 1.95. The van der Waals surface area contributed by atoms with E-state index in [0.717, 1.165) is 16.8 Å². The van der Waals surface area contributed by atoms with Crippen molar-refractivity contribution in [1.82, 2.24) is 9.61 Å². The second-order valence-electron chi connectivity index (χ2n) is 2.74. The highest BCUT2D eigenvalue weighted by molar-refractivity contribution is 5.59. The van der Waals surface area contributed by atoms with Crippen LogP contribution in [0.1, 0.15) is 5.56 Å². The van der Waals surface area contributed by atoms with E-state index in [2.05, 4.69) is 5.10 Å². The minimum Gasteiger partial charge on any atom is -0.493 e. The lowest BCUT2D eigenvalue weighted by molar-refractivity contribution is 0.282. The molecule has 2 aromatic heterocycles. The van der Waals surface area contributed by atoms with E-state index in [9.17, 15) is 0 Å². The molecule has 0 aliphatic carbocycles. The molecule has 0 fully saturated rings. The Hall–Kier alpha value is -1.55. The largest absolute Gasteiger partial charge is 0.493 e. The van der Waals surface area contributed by atoms with E-state index in [4.69, 9.17) is 9.84 Å². The molecule has 0 aliphatic heterocycles. The number of rotatable bonds is 2. The molecule has 0 amide bonds. The number of pyridine rings is 1. The third-order valence-electron chi connectivity index (χ3n) is 1.95. The van der Waals surface area contributed by atoms with E-state index >= 15 is 0 Å². The zero-order valence-corrected chi connectivity index (χ0v) is 7.27. The lowest BCUT2D eigenvalue weighted by Gasteiger charge is -1.99. The molecule has 2 rings (SSSR count). The van der Waals surface area contributed by atoms with Gasteiger partial charge in [-0.05, 0) is 17.7 Å². The highest BCUT2D eigenvalue weighted by atomic mass is 16.5. The van der Waals surface area contributed by atoms with Crippen LogP contribution in [0.2, 0.25) is 0 Å². The Morgan fingerprint density at radius 2 is 2.46 bits per heavy atom. The van der Waals surface area contributed by atoms with Crippen LogP contribution in [-0.2, 0) is 6.61 Å². The monoisotopic (exact) mass is 178 g/mol. The van der Waals surface area contributed by atoms with Crippen molar-refractivity contribution in [3.63, 3.8) is 0 Å². The smallest absolute Gasteiger partial charge is 0.164 e. The maximum absolute atomic E-state index is 8.93. The van der Waals surface area contributed by atoms with E-state index < -0.39 is 0 Å². The summed E-state index contributed by atoms with van der Waals surface area (Å²) >= 11 is 0. The second-order valence-corrected chi connectivity index (χ2v) is 2.74. The number of methoxy groups -OCH3 is 1. The fourth-order valence-corrected chi connectivity index (χ4v) is 1.26. The van der Waals surface area contributed by atoms with Crippen LogP contribution in [0, 0.1) is 0 Å². The predicted molar refractivity (Wildman–Crippen MR) is 47.7 cm³/mol. The third kappa shape index (κ3) is 1.25. The van der Waals surface area contributed by atoms with Crippen molar-refractivity contribution in [3.05, 3.63) is 30.1 Å². The summed E-state index contributed by atoms with van der Waals surface area (Å²) < 4.78 is 6.81. The molecule has 0 saturated carbocycles. The first-order valence-corrected chi connectivity index (χ1v) is 3.96. The molecule has 68 valence electrons. The number of hydrogen-bond acceptors (Lipinski definition) is 3. The zero-order valence-electron chi connectivity index (χ0n) is 7.27. The summed E-state index contributed by atoms with van der Waals surface area (Å²) in [5.74, 6) is 0.718.